The largest absolute Gasteiger partial charge is 0.395 e. The molecule has 1 amide bonds. The van der Waals surface area contributed by atoms with Gasteiger partial charge < -0.3 is 15.7 Å². The predicted octanol–water partition coefficient (Wildman–Crippen LogP) is 0.727. The lowest BCUT2D eigenvalue weighted by Gasteiger charge is -2.05. The monoisotopic (exact) mass is 208 g/mol. The third kappa shape index (κ3) is 4.58. The summed E-state index contributed by atoms with van der Waals surface area (Å²) in [6, 6.07) is 7.60. The zero-order valence-corrected chi connectivity index (χ0v) is 8.79. The predicted molar refractivity (Wildman–Crippen MR) is 59.5 cm³/mol. The Balaban J connectivity index is 2.45. The van der Waals surface area contributed by atoms with E-state index in [-0.39, 0.29) is 12.5 Å². The van der Waals surface area contributed by atoms with E-state index in [9.17, 15) is 4.79 Å². The molecule has 0 aliphatic carbocycles. The lowest BCUT2D eigenvalue weighted by Crippen LogP contribution is -2.17. The fraction of sp³-hybridized carbons (Fsp3) is 0.364. The number of carbonyl (C=O) groups is 1. The lowest BCUT2D eigenvalue weighted by molar-refractivity contribution is -0.114. The Morgan fingerprint density at radius 1 is 1.33 bits per heavy atom. The maximum Gasteiger partial charge on any atom is 0.221 e. The van der Waals surface area contributed by atoms with Crippen LogP contribution >= 0.6 is 0 Å². The number of nitrogens with one attached hydrogen (secondary N) is 2. The highest BCUT2D eigenvalue weighted by atomic mass is 16.3. The fourth-order valence-electron chi connectivity index (χ4n) is 1.22. The molecule has 82 valence electrons. The summed E-state index contributed by atoms with van der Waals surface area (Å²) in [5.74, 6) is -0.0684. The Kier molecular flexibility index (Phi) is 4.80. The van der Waals surface area contributed by atoms with Crippen molar-refractivity contribution in [2.45, 2.75) is 13.5 Å². The summed E-state index contributed by atoms with van der Waals surface area (Å²) in [5, 5.41) is 14.4. The summed E-state index contributed by atoms with van der Waals surface area (Å²) in [5.41, 5.74) is 1.92. The Morgan fingerprint density at radius 2 is 2.00 bits per heavy atom. The van der Waals surface area contributed by atoms with E-state index in [1.165, 1.54) is 6.92 Å². The minimum absolute atomic E-state index is 0.0684. The second-order valence-electron chi connectivity index (χ2n) is 3.28. The van der Waals surface area contributed by atoms with Crippen LogP contribution in [0.4, 0.5) is 5.69 Å². The van der Waals surface area contributed by atoms with Crippen molar-refractivity contribution in [2.24, 2.45) is 0 Å². The molecule has 0 atom stereocenters. The third-order valence-corrected chi connectivity index (χ3v) is 1.89. The van der Waals surface area contributed by atoms with Crippen molar-refractivity contribution in [3.05, 3.63) is 29.8 Å². The van der Waals surface area contributed by atoms with Crippen molar-refractivity contribution in [1.82, 2.24) is 5.32 Å². The van der Waals surface area contributed by atoms with Crippen molar-refractivity contribution in [1.29, 1.82) is 0 Å². The second kappa shape index (κ2) is 6.16. The molecule has 0 unspecified atom stereocenters. The number of hydrogen-bond acceptors (Lipinski definition) is 3. The summed E-state index contributed by atoms with van der Waals surface area (Å²) in [6.45, 7) is 2.94. The van der Waals surface area contributed by atoms with Crippen molar-refractivity contribution < 1.29 is 9.90 Å². The standard InChI is InChI=1S/C11H16N2O2/c1-9(15)13-11-4-2-10(3-5-11)8-12-6-7-14/h2-5,12,14H,6-8H2,1H3,(H,13,15). The van der Waals surface area contributed by atoms with E-state index < -0.39 is 0 Å². The maximum atomic E-state index is 10.8. The highest BCUT2D eigenvalue weighted by Crippen LogP contribution is 2.08. The normalized spacial score (nSPS) is 10.0. The van der Waals surface area contributed by atoms with Gasteiger partial charge in [0.2, 0.25) is 5.91 Å². The first-order valence-electron chi connectivity index (χ1n) is 4.90. The average Bonchev–Trinajstić information content (AvgIpc) is 2.20. The van der Waals surface area contributed by atoms with Gasteiger partial charge in [0.25, 0.3) is 0 Å². The summed E-state index contributed by atoms with van der Waals surface area (Å²) in [6.07, 6.45) is 0. The first-order valence-corrected chi connectivity index (χ1v) is 4.90. The van der Waals surface area contributed by atoms with Crippen LogP contribution in [0.3, 0.4) is 0 Å². The molecule has 0 aliphatic rings. The van der Waals surface area contributed by atoms with Gasteiger partial charge in [0.1, 0.15) is 0 Å². The molecular weight excluding hydrogens is 192 g/mol. The van der Waals surface area contributed by atoms with Crippen LogP contribution in [-0.4, -0.2) is 24.2 Å². The minimum atomic E-state index is -0.0684. The van der Waals surface area contributed by atoms with E-state index in [1.807, 2.05) is 24.3 Å². The topological polar surface area (TPSA) is 61.4 Å². The number of carbonyl (C=O) groups excluding carboxylic acids is 1. The number of amides is 1. The van der Waals surface area contributed by atoms with Gasteiger partial charge in [-0.2, -0.15) is 0 Å². The van der Waals surface area contributed by atoms with E-state index in [1.54, 1.807) is 0 Å². The van der Waals surface area contributed by atoms with Crippen LogP contribution in [0.5, 0.6) is 0 Å². The molecule has 0 radical (unpaired) electrons. The summed E-state index contributed by atoms with van der Waals surface area (Å²) >= 11 is 0. The molecule has 0 aromatic heterocycles. The van der Waals surface area contributed by atoms with Gasteiger partial charge in [-0.3, -0.25) is 4.79 Å². The van der Waals surface area contributed by atoms with E-state index in [2.05, 4.69) is 10.6 Å². The van der Waals surface area contributed by atoms with Gasteiger partial charge in [-0.1, -0.05) is 12.1 Å². The van der Waals surface area contributed by atoms with Crippen molar-refractivity contribution in [2.75, 3.05) is 18.5 Å². The molecule has 0 aliphatic heterocycles. The Hall–Kier alpha value is -1.39. The van der Waals surface area contributed by atoms with E-state index in [0.29, 0.717) is 6.54 Å². The third-order valence-electron chi connectivity index (χ3n) is 1.89. The molecule has 4 heteroatoms. The number of hydrogen-bond donors (Lipinski definition) is 3. The number of aliphatic hydroxyl groups is 1. The zero-order chi connectivity index (χ0) is 11.1. The van der Waals surface area contributed by atoms with Gasteiger partial charge in [0, 0.05) is 25.7 Å². The molecule has 15 heavy (non-hydrogen) atoms. The van der Waals surface area contributed by atoms with Crippen molar-refractivity contribution >= 4 is 11.6 Å². The molecule has 1 aromatic carbocycles. The van der Waals surface area contributed by atoms with E-state index >= 15 is 0 Å². The molecule has 1 rings (SSSR count). The van der Waals surface area contributed by atoms with Gasteiger partial charge >= 0.3 is 0 Å². The molecule has 0 heterocycles. The molecule has 0 saturated heterocycles. The van der Waals surface area contributed by atoms with Crippen LogP contribution in [0.1, 0.15) is 12.5 Å². The molecular formula is C11H16N2O2. The molecule has 0 fully saturated rings. The number of anilines is 1. The highest BCUT2D eigenvalue weighted by molar-refractivity contribution is 5.88. The molecule has 4 nitrogen and oxygen atoms in total. The van der Waals surface area contributed by atoms with E-state index in [4.69, 9.17) is 5.11 Å². The number of aliphatic hydroxyl groups excluding tert-OH is 1. The Bertz CT molecular complexity index is 309. The van der Waals surface area contributed by atoms with Gasteiger partial charge in [-0.25, -0.2) is 0 Å². The van der Waals surface area contributed by atoms with Crippen molar-refractivity contribution in [3.8, 4) is 0 Å². The fourth-order valence-corrected chi connectivity index (χ4v) is 1.22. The molecule has 1 aromatic rings. The van der Waals surface area contributed by atoms with Gasteiger partial charge in [-0.05, 0) is 17.7 Å². The first kappa shape index (κ1) is 11.7. The Morgan fingerprint density at radius 3 is 2.53 bits per heavy atom. The van der Waals surface area contributed by atoms with Crippen LogP contribution < -0.4 is 10.6 Å². The van der Waals surface area contributed by atoms with Crippen LogP contribution in [0.15, 0.2) is 24.3 Å². The molecule has 0 saturated carbocycles. The van der Waals surface area contributed by atoms with Crippen molar-refractivity contribution in [3.63, 3.8) is 0 Å². The van der Waals surface area contributed by atoms with Gasteiger partial charge in [-0.15, -0.1) is 0 Å². The first-order chi connectivity index (χ1) is 7.22. The van der Waals surface area contributed by atoms with Gasteiger partial charge in [0.05, 0.1) is 6.61 Å². The molecule has 0 spiro atoms. The molecule has 3 N–H and O–H groups in total. The number of benzene rings is 1. The van der Waals surface area contributed by atoms with Crippen LogP contribution in [-0.2, 0) is 11.3 Å². The van der Waals surface area contributed by atoms with Crippen LogP contribution in [0.25, 0.3) is 0 Å². The summed E-state index contributed by atoms with van der Waals surface area (Å²) in [7, 11) is 0. The quantitative estimate of drug-likeness (QED) is 0.625. The minimum Gasteiger partial charge on any atom is -0.395 e. The smallest absolute Gasteiger partial charge is 0.221 e. The van der Waals surface area contributed by atoms with Crippen LogP contribution in [0, 0.1) is 0 Å². The van der Waals surface area contributed by atoms with Gasteiger partial charge in [0.15, 0.2) is 0 Å². The zero-order valence-electron chi connectivity index (χ0n) is 8.79. The van der Waals surface area contributed by atoms with E-state index in [0.717, 1.165) is 17.8 Å². The highest BCUT2D eigenvalue weighted by Gasteiger charge is 1.95. The summed E-state index contributed by atoms with van der Waals surface area (Å²) in [4.78, 5) is 10.8. The Labute approximate surface area is 89.3 Å². The van der Waals surface area contributed by atoms with Crippen LogP contribution in [0.2, 0.25) is 0 Å². The summed E-state index contributed by atoms with van der Waals surface area (Å²) < 4.78 is 0. The SMILES string of the molecule is CC(=O)Nc1ccc(CNCCO)cc1. The second-order valence-corrected chi connectivity index (χ2v) is 3.28. The molecule has 0 bridgehead atoms. The lowest BCUT2D eigenvalue weighted by atomic mass is 10.2. The average molecular weight is 208 g/mol. The number of rotatable bonds is 5. The maximum absolute atomic E-state index is 10.8.